The summed E-state index contributed by atoms with van der Waals surface area (Å²) in [5, 5.41) is 8.80. The molecule has 0 saturated carbocycles. The predicted octanol–water partition coefficient (Wildman–Crippen LogP) is 2.80. The summed E-state index contributed by atoms with van der Waals surface area (Å²) in [5.41, 5.74) is -1.32. The van der Waals surface area contributed by atoms with E-state index >= 15 is 0 Å². The molecule has 2 rings (SSSR count). The van der Waals surface area contributed by atoms with Gasteiger partial charge in [0.05, 0.1) is 11.9 Å². The van der Waals surface area contributed by atoms with Crippen LogP contribution in [0.2, 0.25) is 0 Å². The van der Waals surface area contributed by atoms with Gasteiger partial charge in [-0.3, -0.25) is 9.88 Å². The van der Waals surface area contributed by atoms with Crippen LogP contribution in [-0.4, -0.2) is 46.8 Å². The Balaban J connectivity index is 2.15. The summed E-state index contributed by atoms with van der Waals surface area (Å²) in [6, 6.07) is 0. The van der Waals surface area contributed by atoms with E-state index in [0.29, 0.717) is 6.20 Å². The number of aromatic carboxylic acids is 1. The molecule has 1 fully saturated rings. The molecule has 4 nitrogen and oxygen atoms in total. The molecule has 9 heteroatoms. The summed E-state index contributed by atoms with van der Waals surface area (Å²) in [7, 11) is 0. The highest BCUT2D eigenvalue weighted by atomic mass is 19.3. The molecule has 0 amide bonds. The van der Waals surface area contributed by atoms with Gasteiger partial charge in [0.2, 0.25) is 6.30 Å². The first-order valence-corrected chi connectivity index (χ1v) is 6.56. The van der Waals surface area contributed by atoms with Crippen LogP contribution < -0.4 is 0 Å². The summed E-state index contributed by atoms with van der Waals surface area (Å²) in [4.78, 5) is 15.4. The smallest absolute Gasteiger partial charge is 0.341 e. The Labute approximate surface area is 122 Å². The normalized spacial score (nSPS) is 18.6. The van der Waals surface area contributed by atoms with E-state index in [4.69, 9.17) is 5.11 Å². The van der Waals surface area contributed by atoms with Gasteiger partial charge in [-0.15, -0.1) is 0 Å². The highest BCUT2D eigenvalue weighted by molar-refractivity contribution is 5.88. The van der Waals surface area contributed by atoms with Gasteiger partial charge in [-0.05, 0) is 12.8 Å². The standard InChI is InChI=1S/C13H13F5N2O2/c14-7-5-19-10(9(15)8(7)13(21)22)6-1-3-20(4-2-6)12(18)11(16)17/h5-6,11-12H,1-4H2,(H,21,22). The maximum atomic E-state index is 14.1. The summed E-state index contributed by atoms with van der Waals surface area (Å²) >= 11 is 0. The number of alkyl halides is 3. The topological polar surface area (TPSA) is 53.4 Å². The first-order chi connectivity index (χ1) is 10.3. The van der Waals surface area contributed by atoms with Crippen LogP contribution in [0.1, 0.15) is 34.8 Å². The van der Waals surface area contributed by atoms with Gasteiger partial charge in [-0.25, -0.2) is 26.7 Å². The number of rotatable bonds is 4. The second-order valence-corrected chi connectivity index (χ2v) is 5.00. The van der Waals surface area contributed by atoms with Crippen molar-refractivity contribution in [2.75, 3.05) is 13.1 Å². The lowest BCUT2D eigenvalue weighted by Crippen LogP contribution is -2.42. The SMILES string of the molecule is O=C(O)c1c(F)cnc(C2CCN(C(F)C(F)F)CC2)c1F. The van der Waals surface area contributed by atoms with Crippen molar-refractivity contribution in [2.24, 2.45) is 0 Å². The van der Waals surface area contributed by atoms with Crippen LogP contribution in [0.15, 0.2) is 6.20 Å². The van der Waals surface area contributed by atoms with E-state index in [-0.39, 0.29) is 31.6 Å². The first-order valence-electron chi connectivity index (χ1n) is 6.56. The van der Waals surface area contributed by atoms with Crippen LogP contribution in [0.25, 0.3) is 0 Å². The van der Waals surface area contributed by atoms with Crippen molar-refractivity contribution < 1.29 is 31.9 Å². The third-order valence-corrected chi connectivity index (χ3v) is 3.69. The van der Waals surface area contributed by atoms with Crippen LogP contribution in [-0.2, 0) is 0 Å². The van der Waals surface area contributed by atoms with Crippen molar-refractivity contribution in [3.8, 4) is 0 Å². The van der Waals surface area contributed by atoms with Crippen LogP contribution >= 0.6 is 0 Å². The third kappa shape index (κ3) is 3.18. The molecule has 1 atom stereocenters. The fraction of sp³-hybridized carbons (Fsp3) is 0.538. The Kier molecular flexibility index (Phi) is 4.94. The van der Waals surface area contributed by atoms with Gasteiger partial charge >= 0.3 is 5.97 Å². The van der Waals surface area contributed by atoms with Crippen molar-refractivity contribution in [1.29, 1.82) is 0 Å². The summed E-state index contributed by atoms with van der Waals surface area (Å²) in [6.07, 6.45) is -4.65. The number of hydrogen-bond donors (Lipinski definition) is 1. The fourth-order valence-corrected chi connectivity index (χ4v) is 2.54. The monoisotopic (exact) mass is 324 g/mol. The van der Waals surface area contributed by atoms with E-state index in [1.54, 1.807) is 0 Å². The molecule has 1 unspecified atom stereocenters. The van der Waals surface area contributed by atoms with E-state index in [2.05, 4.69) is 4.98 Å². The van der Waals surface area contributed by atoms with Gasteiger partial charge < -0.3 is 5.11 Å². The van der Waals surface area contributed by atoms with Crippen LogP contribution in [0.5, 0.6) is 0 Å². The number of piperidine rings is 1. The van der Waals surface area contributed by atoms with Crippen LogP contribution in [0.3, 0.4) is 0 Å². The van der Waals surface area contributed by atoms with Gasteiger partial charge in [0, 0.05) is 19.0 Å². The van der Waals surface area contributed by atoms with Gasteiger partial charge in [0.1, 0.15) is 5.56 Å². The number of nitrogens with zero attached hydrogens (tertiary/aromatic N) is 2. The quantitative estimate of drug-likeness (QED) is 0.683. The molecule has 1 N–H and O–H groups in total. The highest BCUT2D eigenvalue weighted by Crippen LogP contribution is 2.31. The van der Waals surface area contributed by atoms with E-state index in [1.807, 2.05) is 0 Å². The van der Waals surface area contributed by atoms with E-state index in [1.165, 1.54) is 0 Å². The van der Waals surface area contributed by atoms with Crippen molar-refractivity contribution in [3.63, 3.8) is 0 Å². The molecule has 1 saturated heterocycles. The van der Waals surface area contributed by atoms with Crippen molar-refractivity contribution in [3.05, 3.63) is 29.1 Å². The van der Waals surface area contributed by atoms with E-state index in [0.717, 1.165) is 4.90 Å². The minimum Gasteiger partial charge on any atom is -0.477 e. The molecule has 22 heavy (non-hydrogen) atoms. The predicted molar refractivity (Wildman–Crippen MR) is 65.6 cm³/mol. The van der Waals surface area contributed by atoms with E-state index < -0.39 is 41.8 Å². The number of carboxylic acids is 1. The van der Waals surface area contributed by atoms with Crippen molar-refractivity contribution >= 4 is 5.97 Å². The number of aromatic nitrogens is 1. The molecule has 0 aliphatic carbocycles. The Bertz CT molecular complexity index is 562. The van der Waals surface area contributed by atoms with Crippen molar-refractivity contribution in [1.82, 2.24) is 9.88 Å². The largest absolute Gasteiger partial charge is 0.477 e. The second-order valence-electron chi connectivity index (χ2n) is 5.00. The average molecular weight is 324 g/mol. The third-order valence-electron chi connectivity index (χ3n) is 3.69. The molecule has 0 aromatic carbocycles. The number of halogens is 5. The summed E-state index contributed by atoms with van der Waals surface area (Å²) in [6.45, 7) is -0.0891. The molecule has 0 spiro atoms. The molecule has 1 aliphatic rings. The van der Waals surface area contributed by atoms with Crippen molar-refractivity contribution in [2.45, 2.75) is 31.5 Å². The lowest BCUT2D eigenvalue weighted by Gasteiger charge is -2.33. The molecule has 2 heterocycles. The molecule has 0 bridgehead atoms. The number of carboxylic acid groups (broad SMARTS) is 1. The fourth-order valence-electron chi connectivity index (χ4n) is 2.54. The van der Waals surface area contributed by atoms with Crippen LogP contribution in [0.4, 0.5) is 22.0 Å². The maximum Gasteiger partial charge on any atom is 0.341 e. The zero-order valence-electron chi connectivity index (χ0n) is 11.3. The molecule has 122 valence electrons. The molecular weight excluding hydrogens is 311 g/mol. The Hall–Kier alpha value is -1.77. The summed E-state index contributed by atoms with van der Waals surface area (Å²) in [5.74, 6) is -4.87. The number of pyridine rings is 1. The lowest BCUT2D eigenvalue weighted by atomic mass is 9.91. The lowest BCUT2D eigenvalue weighted by molar-refractivity contribution is -0.0577. The molecular formula is C13H13F5N2O2. The zero-order valence-corrected chi connectivity index (χ0v) is 11.3. The minimum atomic E-state index is -3.13. The second kappa shape index (κ2) is 6.55. The summed E-state index contributed by atoms with van der Waals surface area (Å²) < 4.78 is 65.1. The van der Waals surface area contributed by atoms with Gasteiger partial charge in [0.25, 0.3) is 6.43 Å². The molecule has 1 aromatic heterocycles. The average Bonchev–Trinajstić information content (AvgIpc) is 2.46. The number of likely N-dealkylation sites (tertiary alicyclic amines) is 1. The maximum absolute atomic E-state index is 14.1. The molecule has 1 aromatic rings. The number of carbonyl (C=O) groups is 1. The molecule has 0 radical (unpaired) electrons. The highest BCUT2D eigenvalue weighted by Gasteiger charge is 2.33. The van der Waals surface area contributed by atoms with Gasteiger partial charge in [0.15, 0.2) is 11.6 Å². The van der Waals surface area contributed by atoms with Gasteiger partial charge in [-0.1, -0.05) is 0 Å². The Morgan fingerprint density at radius 1 is 1.27 bits per heavy atom. The van der Waals surface area contributed by atoms with E-state index in [9.17, 15) is 26.7 Å². The Morgan fingerprint density at radius 3 is 2.36 bits per heavy atom. The minimum absolute atomic E-state index is 0.0446. The van der Waals surface area contributed by atoms with Crippen LogP contribution in [0, 0.1) is 11.6 Å². The molecule has 1 aliphatic heterocycles. The zero-order chi connectivity index (χ0) is 16.4. The number of hydrogen-bond acceptors (Lipinski definition) is 3. The Morgan fingerprint density at radius 2 is 1.86 bits per heavy atom. The first kappa shape index (κ1) is 16.6. The van der Waals surface area contributed by atoms with Gasteiger partial charge in [-0.2, -0.15) is 0 Å².